The Morgan fingerprint density at radius 1 is 1.28 bits per heavy atom. The Morgan fingerprint density at radius 3 is 2.78 bits per heavy atom. The summed E-state index contributed by atoms with van der Waals surface area (Å²) in [5.41, 5.74) is 1.04. The maximum Gasteiger partial charge on any atom is 0.373 e. The third-order valence-corrected chi connectivity index (χ3v) is 2.33. The molecule has 0 aliphatic rings. The molecular formula is C13H9NO4. The molecule has 90 valence electrons. The van der Waals surface area contributed by atoms with E-state index in [4.69, 9.17) is 4.42 Å². The van der Waals surface area contributed by atoms with Crippen LogP contribution in [0.3, 0.4) is 0 Å². The standard InChI is InChI=1S/C13H9NO4/c1-17-13(16)12-7-6-11(18-12)9-4-2-3-5-10(9)14-8-15/h2-7H,1H3. The average Bonchev–Trinajstić information content (AvgIpc) is 2.88. The molecule has 0 spiro atoms. The predicted octanol–water partition coefficient (Wildman–Crippen LogP) is 2.70. The van der Waals surface area contributed by atoms with E-state index in [1.54, 1.807) is 30.3 Å². The van der Waals surface area contributed by atoms with Crippen molar-refractivity contribution < 1.29 is 18.7 Å². The lowest BCUT2D eigenvalue weighted by Gasteiger charge is -2.00. The van der Waals surface area contributed by atoms with Gasteiger partial charge in [0.15, 0.2) is 0 Å². The maximum atomic E-state index is 11.3. The van der Waals surface area contributed by atoms with Crippen LogP contribution in [0.2, 0.25) is 0 Å². The highest BCUT2D eigenvalue weighted by molar-refractivity contribution is 5.87. The number of aliphatic imine (C=N–C) groups is 1. The van der Waals surface area contributed by atoms with Crippen LogP contribution in [0.5, 0.6) is 0 Å². The number of methoxy groups -OCH3 is 1. The first kappa shape index (κ1) is 11.8. The molecule has 1 heterocycles. The van der Waals surface area contributed by atoms with Gasteiger partial charge in [-0.1, -0.05) is 12.1 Å². The lowest BCUT2D eigenvalue weighted by molar-refractivity contribution is 0.0566. The number of furan rings is 1. The fourth-order valence-corrected chi connectivity index (χ4v) is 1.52. The molecule has 0 amide bonds. The number of carbonyl (C=O) groups is 1. The summed E-state index contributed by atoms with van der Waals surface area (Å²) < 4.78 is 9.89. The van der Waals surface area contributed by atoms with Crippen LogP contribution < -0.4 is 0 Å². The minimum atomic E-state index is -0.558. The van der Waals surface area contributed by atoms with Gasteiger partial charge in [0.05, 0.1) is 12.8 Å². The van der Waals surface area contributed by atoms with Crippen LogP contribution >= 0.6 is 0 Å². The Hall–Kier alpha value is -2.65. The Kier molecular flexibility index (Phi) is 3.36. The number of nitrogens with zero attached hydrogens (tertiary/aromatic N) is 1. The highest BCUT2D eigenvalue weighted by Crippen LogP contribution is 2.31. The first-order valence-electron chi connectivity index (χ1n) is 5.11. The van der Waals surface area contributed by atoms with Crippen molar-refractivity contribution >= 4 is 17.7 Å². The Labute approximate surface area is 103 Å². The zero-order valence-corrected chi connectivity index (χ0v) is 9.54. The first-order valence-corrected chi connectivity index (χ1v) is 5.11. The van der Waals surface area contributed by atoms with Gasteiger partial charge in [-0.15, -0.1) is 0 Å². The van der Waals surface area contributed by atoms with E-state index in [0.717, 1.165) is 0 Å². The van der Waals surface area contributed by atoms with Gasteiger partial charge >= 0.3 is 5.97 Å². The van der Waals surface area contributed by atoms with Crippen LogP contribution in [0, 0.1) is 0 Å². The summed E-state index contributed by atoms with van der Waals surface area (Å²) in [6, 6.07) is 10.0. The number of benzene rings is 1. The van der Waals surface area contributed by atoms with Crippen molar-refractivity contribution in [2.24, 2.45) is 4.99 Å². The number of isocyanates is 1. The van der Waals surface area contributed by atoms with Gasteiger partial charge in [0, 0.05) is 5.56 Å². The van der Waals surface area contributed by atoms with Crippen LogP contribution in [0.25, 0.3) is 11.3 Å². The summed E-state index contributed by atoms with van der Waals surface area (Å²) in [6.45, 7) is 0. The Morgan fingerprint density at radius 2 is 2.06 bits per heavy atom. The smallest absolute Gasteiger partial charge is 0.373 e. The number of hydrogen-bond acceptors (Lipinski definition) is 5. The normalized spacial score (nSPS) is 9.61. The molecule has 0 saturated carbocycles. The van der Waals surface area contributed by atoms with Crippen molar-refractivity contribution in [3.8, 4) is 11.3 Å². The molecule has 0 radical (unpaired) electrons. The molecule has 5 heteroatoms. The first-order chi connectivity index (χ1) is 8.76. The summed E-state index contributed by atoms with van der Waals surface area (Å²) in [5, 5.41) is 0. The molecule has 0 atom stereocenters. The van der Waals surface area contributed by atoms with Gasteiger partial charge in [-0.3, -0.25) is 0 Å². The summed E-state index contributed by atoms with van der Waals surface area (Å²) in [7, 11) is 1.27. The second kappa shape index (κ2) is 5.12. The van der Waals surface area contributed by atoms with Crippen LogP contribution in [-0.2, 0) is 9.53 Å². The minimum absolute atomic E-state index is 0.0948. The van der Waals surface area contributed by atoms with E-state index in [1.807, 2.05) is 0 Å². The molecule has 0 aliphatic heterocycles. The van der Waals surface area contributed by atoms with Crippen molar-refractivity contribution in [3.63, 3.8) is 0 Å². The molecule has 2 aromatic rings. The Balaban J connectivity index is 2.46. The van der Waals surface area contributed by atoms with E-state index < -0.39 is 5.97 Å². The molecule has 0 unspecified atom stereocenters. The van der Waals surface area contributed by atoms with E-state index in [2.05, 4.69) is 9.73 Å². The van der Waals surface area contributed by atoms with Gasteiger partial charge in [0.2, 0.25) is 11.8 Å². The van der Waals surface area contributed by atoms with Crippen molar-refractivity contribution in [2.45, 2.75) is 0 Å². The zero-order chi connectivity index (χ0) is 13.0. The van der Waals surface area contributed by atoms with Crippen molar-refractivity contribution in [2.75, 3.05) is 7.11 Å². The highest BCUT2D eigenvalue weighted by Gasteiger charge is 2.13. The SMILES string of the molecule is COC(=O)c1ccc(-c2ccccc2N=C=O)o1. The van der Waals surface area contributed by atoms with Gasteiger partial charge in [0.1, 0.15) is 5.76 Å². The van der Waals surface area contributed by atoms with Gasteiger partial charge < -0.3 is 9.15 Å². The summed E-state index contributed by atoms with van der Waals surface area (Å²) in [5.74, 6) is -0.0278. The van der Waals surface area contributed by atoms with Gasteiger partial charge in [-0.05, 0) is 24.3 Å². The monoisotopic (exact) mass is 243 g/mol. The summed E-state index contributed by atoms with van der Waals surface area (Å²) in [6.07, 6.45) is 1.48. The van der Waals surface area contributed by atoms with Crippen LogP contribution in [0.15, 0.2) is 45.8 Å². The Bertz CT molecular complexity index is 623. The zero-order valence-electron chi connectivity index (χ0n) is 9.54. The lowest BCUT2D eigenvalue weighted by atomic mass is 10.1. The van der Waals surface area contributed by atoms with Crippen molar-refractivity contribution in [1.82, 2.24) is 0 Å². The molecular weight excluding hydrogens is 234 g/mol. The third kappa shape index (κ3) is 2.21. The fourth-order valence-electron chi connectivity index (χ4n) is 1.52. The number of carbonyl (C=O) groups excluding carboxylic acids is 2. The molecule has 0 bridgehead atoms. The van der Waals surface area contributed by atoms with E-state index in [0.29, 0.717) is 17.0 Å². The van der Waals surface area contributed by atoms with E-state index in [1.165, 1.54) is 19.3 Å². The average molecular weight is 243 g/mol. The molecule has 1 aromatic heterocycles. The van der Waals surface area contributed by atoms with Gasteiger partial charge in [0.25, 0.3) is 0 Å². The number of hydrogen-bond donors (Lipinski definition) is 0. The quantitative estimate of drug-likeness (QED) is 0.472. The van der Waals surface area contributed by atoms with Gasteiger partial charge in [-0.2, -0.15) is 4.99 Å². The number of para-hydroxylation sites is 1. The molecule has 0 N–H and O–H groups in total. The van der Waals surface area contributed by atoms with Crippen molar-refractivity contribution in [1.29, 1.82) is 0 Å². The number of ether oxygens (including phenoxy) is 1. The van der Waals surface area contributed by atoms with E-state index in [-0.39, 0.29) is 5.76 Å². The predicted molar refractivity (Wildman–Crippen MR) is 63.3 cm³/mol. The third-order valence-electron chi connectivity index (χ3n) is 2.33. The van der Waals surface area contributed by atoms with Crippen LogP contribution in [0.1, 0.15) is 10.6 Å². The molecule has 0 aliphatic carbocycles. The molecule has 5 nitrogen and oxygen atoms in total. The summed E-state index contributed by atoms with van der Waals surface area (Å²) in [4.78, 5) is 25.2. The lowest BCUT2D eigenvalue weighted by Crippen LogP contribution is -1.98. The van der Waals surface area contributed by atoms with Crippen LogP contribution in [0.4, 0.5) is 5.69 Å². The van der Waals surface area contributed by atoms with Gasteiger partial charge in [-0.25, -0.2) is 9.59 Å². The molecule has 2 rings (SSSR count). The second-order valence-electron chi connectivity index (χ2n) is 3.38. The fraction of sp³-hybridized carbons (Fsp3) is 0.0769. The number of esters is 1. The van der Waals surface area contributed by atoms with Crippen LogP contribution in [-0.4, -0.2) is 19.2 Å². The number of rotatable bonds is 3. The largest absolute Gasteiger partial charge is 0.463 e. The van der Waals surface area contributed by atoms with E-state index >= 15 is 0 Å². The van der Waals surface area contributed by atoms with Crippen molar-refractivity contribution in [3.05, 3.63) is 42.2 Å². The minimum Gasteiger partial charge on any atom is -0.463 e. The molecule has 18 heavy (non-hydrogen) atoms. The topological polar surface area (TPSA) is 68.9 Å². The molecule has 0 fully saturated rings. The highest BCUT2D eigenvalue weighted by atomic mass is 16.5. The molecule has 1 aromatic carbocycles. The molecule has 0 saturated heterocycles. The van der Waals surface area contributed by atoms with E-state index in [9.17, 15) is 9.59 Å². The summed E-state index contributed by atoms with van der Waals surface area (Å²) >= 11 is 0. The second-order valence-corrected chi connectivity index (χ2v) is 3.38. The maximum absolute atomic E-state index is 11.3.